The third-order valence-electron chi connectivity index (χ3n) is 1.99. The molecule has 0 amide bonds. The average Bonchev–Trinajstić information content (AvgIpc) is 2.23. The van der Waals surface area contributed by atoms with E-state index in [-0.39, 0.29) is 108 Å². The van der Waals surface area contributed by atoms with Crippen LogP contribution in [0.1, 0.15) is 0 Å². The normalized spacial score (nSPS) is 14.0. The zero-order valence-electron chi connectivity index (χ0n) is 14.0. The van der Waals surface area contributed by atoms with Gasteiger partial charge in [-0.1, -0.05) is 0 Å². The molecule has 0 radical (unpaired) electrons. The summed E-state index contributed by atoms with van der Waals surface area (Å²) in [4.78, 5) is 57.5. The van der Waals surface area contributed by atoms with Crippen molar-refractivity contribution in [2.24, 2.45) is 0 Å². The first-order valence-electron chi connectivity index (χ1n) is 5.56. The third kappa shape index (κ3) is 29.6. The van der Waals surface area contributed by atoms with Crippen LogP contribution >= 0.6 is 23.5 Å². The van der Waals surface area contributed by atoms with Crippen molar-refractivity contribution in [1.82, 2.24) is 4.90 Å². The minimum Gasteiger partial charge on any atom is -0.790 e. The van der Waals surface area contributed by atoms with Crippen LogP contribution in [0.5, 0.6) is 0 Å². The molecule has 0 aromatic carbocycles. The van der Waals surface area contributed by atoms with Crippen LogP contribution in [0.25, 0.3) is 0 Å². The Morgan fingerprint density at radius 1 is 0.720 bits per heavy atom. The van der Waals surface area contributed by atoms with Crippen LogP contribution in [0.2, 0.25) is 0 Å². The van der Waals surface area contributed by atoms with E-state index in [9.17, 15) is 28.4 Å². The van der Waals surface area contributed by atoms with Crippen LogP contribution in [-0.4, -0.2) is 59.0 Å². The molecular weight excluding hydrogens is 440 g/mol. The summed E-state index contributed by atoms with van der Waals surface area (Å²) in [7, 11) is -14.8. The second kappa shape index (κ2) is 17.0. The number of rotatable bonds is 12. The zero-order valence-corrected chi connectivity index (χ0v) is 22.7. The molecule has 0 aromatic heterocycles. The predicted molar refractivity (Wildman–Crippen MR) is 63.8 cm³/mol. The van der Waals surface area contributed by atoms with E-state index in [0.717, 1.165) is 0 Å². The summed E-state index contributed by atoms with van der Waals surface area (Å²) in [6.07, 6.45) is 0. The molecule has 0 saturated heterocycles. The standard InChI is InChI=1S/C6H18NO12P3.3Na/c8-20(9,10)17-4-1-7(2-5-18-21(11,12)13)3-6-19-22(14,15)16;;;/h1-6H2,(H2,8,9,10)(H2,11,12,13)(H2,14,15,16);;;/q;3*+1/p-3. The molecule has 3 N–H and O–H groups in total. The fourth-order valence-electron chi connectivity index (χ4n) is 1.19. The zero-order chi connectivity index (χ0) is 17.4. The van der Waals surface area contributed by atoms with Crippen molar-refractivity contribution in [3.63, 3.8) is 0 Å². The van der Waals surface area contributed by atoms with Crippen LogP contribution in [0.15, 0.2) is 0 Å². The van der Waals surface area contributed by atoms with Gasteiger partial charge in [-0.15, -0.1) is 0 Å². The van der Waals surface area contributed by atoms with Crippen molar-refractivity contribution in [3.8, 4) is 0 Å². The molecule has 0 aliphatic heterocycles. The summed E-state index contributed by atoms with van der Waals surface area (Å²) in [6, 6.07) is 0. The molecule has 0 spiro atoms. The molecule has 0 heterocycles. The summed E-state index contributed by atoms with van der Waals surface area (Å²) in [5, 5.41) is 0. The number of phosphoric acid groups is 3. The molecule has 0 aliphatic rings. The molecule has 25 heavy (non-hydrogen) atoms. The molecular formula is C6H15NNa3O12P3. The SMILES string of the molecule is O=P([O-])([O-])OCCN(CCOP(=O)([O-])O)CCOP(=O)(O)O.[Na+].[Na+].[Na+]. The Hall–Kier alpha value is 3.29. The fourth-order valence-corrected chi connectivity index (χ4v) is 2.13. The van der Waals surface area contributed by atoms with Crippen LogP contribution in [0.3, 0.4) is 0 Å². The molecule has 0 aliphatic carbocycles. The Bertz CT molecular complexity index is 398. The van der Waals surface area contributed by atoms with E-state index in [0.29, 0.717) is 0 Å². The summed E-state index contributed by atoms with van der Waals surface area (Å²) >= 11 is 0. The first-order chi connectivity index (χ1) is 9.79. The van der Waals surface area contributed by atoms with Crippen LogP contribution in [0, 0.1) is 0 Å². The smallest absolute Gasteiger partial charge is 0.790 e. The first-order valence-corrected chi connectivity index (χ1v) is 10.0. The maximum Gasteiger partial charge on any atom is 1.00 e. The van der Waals surface area contributed by atoms with E-state index in [1.54, 1.807) is 0 Å². The van der Waals surface area contributed by atoms with E-state index in [1.165, 1.54) is 4.90 Å². The summed E-state index contributed by atoms with van der Waals surface area (Å²) < 4.78 is 43.3. The monoisotopic (exact) mass is 455 g/mol. The van der Waals surface area contributed by atoms with Gasteiger partial charge < -0.3 is 43.0 Å². The topological polar surface area (TPSA) is 212 Å². The third-order valence-corrected chi connectivity index (χ3v) is 3.51. The molecule has 19 heteroatoms. The van der Waals surface area contributed by atoms with Crippen LogP contribution in [0.4, 0.5) is 0 Å². The van der Waals surface area contributed by atoms with E-state index in [1.807, 2.05) is 0 Å². The van der Waals surface area contributed by atoms with E-state index in [4.69, 9.17) is 14.7 Å². The Labute approximate surface area is 210 Å². The number of nitrogens with zero attached hydrogens (tertiary/aromatic N) is 1. The van der Waals surface area contributed by atoms with E-state index in [2.05, 4.69) is 13.6 Å². The van der Waals surface area contributed by atoms with Gasteiger partial charge >= 0.3 is 96.5 Å². The largest absolute Gasteiger partial charge is 1.00 e. The van der Waals surface area contributed by atoms with E-state index < -0.39 is 43.3 Å². The van der Waals surface area contributed by atoms with Gasteiger partial charge in [0.1, 0.15) is 0 Å². The van der Waals surface area contributed by atoms with E-state index >= 15 is 0 Å². The predicted octanol–water partition coefficient (Wildman–Crippen LogP) is -12.3. The second-order valence-corrected chi connectivity index (χ2v) is 7.33. The van der Waals surface area contributed by atoms with Crippen molar-refractivity contribution < 1.29 is 145 Å². The minimum absolute atomic E-state index is 0. The Balaban J connectivity index is -0.000000735. The molecule has 1 atom stereocenters. The Kier molecular flexibility index (Phi) is 24.3. The van der Waals surface area contributed by atoms with Crippen molar-refractivity contribution in [3.05, 3.63) is 0 Å². The fraction of sp³-hybridized carbons (Fsp3) is 1.00. The maximum absolute atomic E-state index is 10.5. The quantitative estimate of drug-likeness (QED) is 0.185. The van der Waals surface area contributed by atoms with Gasteiger partial charge in [0, 0.05) is 19.6 Å². The van der Waals surface area contributed by atoms with Gasteiger partial charge in [0.25, 0.3) is 7.82 Å². The maximum atomic E-state index is 10.5. The summed E-state index contributed by atoms with van der Waals surface area (Å²) in [6.45, 7) is -2.08. The minimum atomic E-state index is -5.18. The molecule has 0 bridgehead atoms. The van der Waals surface area contributed by atoms with Gasteiger partial charge in [-0.05, 0) is 0 Å². The van der Waals surface area contributed by atoms with Gasteiger partial charge in [-0.3, -0.25) is 14.0 Å². The summed E-state index contributed by atoms with van der Waals surface area (Å²) in [5.41, 5.74) is 0. The average molecular weight is 455 g/mol. The molecule has 0 aromatic rings. The van der Waals surface area contributed by atoms with Crippen LogP contribution in [-0.2, 0) is 27.3 Å². The number of phosphoric ester groups is 3. The molecule has 0 saturated carbocycles. The second-order valence-electron chi connectivity index (χ2n) is 3.75. The Morgan fingerprint density at radius 2 is 1.08 bits per heavy atom. The van der Waals surface area contributed by atoms with Gasteiger partial charge in [0.15, 0.2) is 0 Å². The number of hydrogen-bond donors (Lipinski definition) is 3. The van der Waals surface area contributed by atoms with Crippen molar-refractivity contribution in [1.29, 1.82) is 0 Å². The van der Waals surface area contributed by atoms with Crippen molar-refractivity contribution >= 4 is 23.5 Å². The molecule has 0 rings (SSSR count). The van der Waals surface area contributed by atoms with Gasteiger partial charge in [-0.2, -0.15) is 0 Å². The van der Waals surface area contributed by atoms with Gasteiger partial charge in [-0.25, -0.2) is 4.57 Å². The molecule has 1 unspecified atom stereocenters. The van der Waals surface area contributed by atoms with Crippen molar-refractivity contribution in [2.75, 3.05) is 39.5 Å². The first kappa shape index (κ1) is 35.7. The van der Waals surface area contributed by atoms with Crippen molar-refractivity contribution in [2.45, 2.75) is 0 Å². The number of hydrogen-bond acceptors (Lipinski definition) is 10. The van der Waals surface area contributed by atoms with Crippen LogP contribution < -0.4 is 103 Å². The van der Waals surface area contributed by atoms with Gasteiger partial charge in [0.2, 0.25) is 0 Å². The molecule has 13 nitrogen and oxygen atoms in total. The summed E-state index contributed by atoms with van der Waals surface area (Å²) in [5.74, 6) is 0. The molecule has 134 valence electrons. The Morgan fingerprint density at radius 3 is 1.40 bits per heavy atom. The van der Waals surface area contributed by atoms with Gasteiger partial charge in [0.05, 0.1) is 27.6 Å². The molecule has 0 fully saturated rings.